The molecule has 0 radical (unpaired) electrons. The smallest absolute Gasteiger partial charge is 0.226 e. The number of rotatable bonds is 7. The number of hydrogen-bond donors (Lipinski definition) is 1. The first kappa shape index (κ1) is 20.8. The Labute approximate surface area is 165 Å². The van der Waals surface area contributed by atoms with E-state index in [9.17, 15) is 9.59 Å². The van der Waals surface area contributed by atoms with Crippen LogP contribution in [0.1, 0.15) is 31.4 Å². The van der Waals surface area contributed by atoms with E-state index in [-0.39, 0.29) is 24.8 Å². The van der Waals surface area contributed by atoms with Crippen molar-refractivity contribution in [2.45, 2.75) is 34.1 Å². The van der Waals surface area contributed by atoms with E-state index in [1.807, 2.05) is 57.2 Å². The second kappa shape index (κ2) is 9.42. The number of aryl methyl sites for hydroxylation is 2. The molecule has 0 aliphatic carbocycles. The molecule has 2 aromatic carbocycles. The molecular weight excluding hydrogens is 364 g/mol. The molecule has 0 spiro atoms. The number of anilines is 2. The Balaban J connectivity index is 2.11. The maximum atomic E-state index is 12.4. The van der Waals surface area contributed by atoms with Gasteiger partial charge in [0.1, 0.15) is 5.75 Å². The number of benzene rings is 2. The zero-order chi connectivity index (χ0) is 20.0. The normalized spacial score (nSPS) is 10.4. The molecule has 0 unspecified atom stereocenters. The fraction of sp³-hybridized carbons (Fsp3) is 0.333. The van der Waals surface area contributed by atoms with Gasteiger partial charge >= 0.3 is 0 Å². The zero-order valence-electron chi connectivity index (χ0n) is 16.1. The molecule has 5 nitrogen and oxygen atoms in total. The van der Waals surface area contributed by atoms with Gasteiger partial charge in [-0.1, -0.05) is 29.8 Å². The summed E-state index contributed by atoms with van der Waals surface area (Å²) in [4.78, 5) is 26.1. The molecule has 0 aromatic heterocycles. The van der Waals surface area contributed by atoms with Crippen LogP contribution in [0.3, 0.4) is 0 Å². The van der Waals surface area contributed by atoms with Crippen molar-refractivity contribution in [3.05, 3.63) is 52.5 Å². The highest BCUT2D eigenvalue weighted by atomic mass is 35.5. The maximum Gasteiger partial charge on any atom is 0.226 e. The van der Waals surface area contributed by atoms with E-state index >= 15 is 0 Å². The molecule has 2 amide bonds. The molecule has 2 rings (SSSR count). The Kier molecular flexibility index (Phi) is 7.25. The van der Waals surface area contributed by atoms with Crippen LogP contribution < -0.4 is 15.0 Å². The lowest BCUT2D eigenvalue weighted by atomic mass is 10.1. The Morgan fingerprint density at radius 3 is 2.52 bits per heavy atom. The topological polar surface area (TPSA) is 58.6 Å². The summed E-state index contributed by atoms with van der Waals surface area (Å²) < 4.78 is 5.60. The average molecular weight is 389 g/mol. The highest BCUT2D eigenvalue weighted by Crippen LogP contribution is 2.29. The lowest BCUT2D eigenvalue weighted by molar-refractivity contribution is -0.117. The van der Waals surface area contributed by atoms with Crippen LogP contribution in [0.2, 0.25) is 5.02 Å². The number of para-hydroxylation sites is 2. The first-order chi connectivity index (χ1) is 12.8. The monoisotopic (exact) mass is 388 g/mol. The Hall–Kier alpha value is -2.53. The minimum absolute atomic E-state index is 0.143. The minimum Gasteiger partial charge on any atom is -0.492 e. The van der Waals surface area contributed by atoms with Gasteiger partial charge in [0.25, 0.3) is 0 Å². The first-order valence-corrected chi connectivity index (χ1v) is 9.27. The quantitative estimate of drug-likeness (QED) is 0.745. The van der Waals surface area contributed by atoms with Crippen LogP contribution in [0.5, 0.6) is 5.75 Å². The predicted molar refractivity (Wildman–Crippen MR) is 110 cm³/mol. The number of halogens is 1. The highest BCUT2D eigenvalue weighted by molar-refractivity contribution is 6.34. The number of carbonyl (C=O) groups excluding carboxylic acids is 2. The van der Waals surface area contributed by atoms with Gasteiger partial charge in [-0.15, -0.1) is 0 Å². The molecule has 144 valence electrons. The molecule has 27 heavy (non-hydrogen) atoms. The van der Waals surface area contributed by atoms with Crippen LogP contribution in [0.25, 0.3) is 0 Å². The average Bonchev–Trinajstić information content (AvgIpc) is 2.59. The minimum atomic E-state index is -0.205. The van der Waals surface area contributed by atoms with Gasteiger partial charge in [0.2, 0.25) is 11.8 Å². The zero-order valence-corrected chi connectivity index (χ0v) is 16.9. The summed E-state index contributed by atoms with van der Waals surface area (Å²) in [6.07, 6.45) is 0.143. The molecule has 0 aliphatic heterocycles. The van der Waals surface area contributed by atoms with Crippen LogP contribution in [-0.4, -0.2) is 25.0 Å². The van der Waals surface area contributed by atoms with Crippen molar-refractivity contribution in [2.24, 2.45) is 0 Å². The molecule has 6 heteroatoms. The third-order valence-corrected chi connectivity index (χ3v) is 4.39. The van der Waals surface area contributed by atoms with Crippen molar-refractivity contribution in [3.63, 3.8) is 0 Å². The molecule has 0 heterocycles. The summed E-state index contributed by atoms with van der Waals surface area (Å²) in [6, 6.07) is 11.1. The lowest BCUT2D eigenvalue weighted by Crippen LogP contribution is -2.32. The fourth-order valence-corrected chi connectivity index (χ4v) is 3.26. The van der Waals surface area contributed by atoms with Crippen molar-refractivity contribution in [1.29, 1.82) is 0 Å². The summed E-state index contributed by atoms with van der Waals surface area (Å²) >= 11 is 6.25. The molecule has 2 aromatic rings. The summed E-state index contributed by atoms with van der Waals surface area (Å²) in [7, 11) is 0. The molecule has 0 bridgehead atoms. The number of carbonyl (C=O) groups is 2. The Morgan fingerprint density at radius 2 is 1.89 bits per heavy atom. The number of hydrogen-bond acceptors (Lipinski definition) is 3. The second-order valence-corrected chi connectivity index (χ2v) is 6.72. The van der Waals surface area contributed by atoms with Gasteiger partial charge in [-0.3, -0.25) is 9.59 Å². The van der Waals surface area contributed by atoms with Crippen LogP contribution in [0.15, 0.2) is 36.4 Å². The maximum absolute atomic E-state index is 12.4. The molecular formula is C21H25ClN2O3. The molecule has 0 aliphatic rings. The van der Waals surface area contributed by atoms with Crippen molar-refractivity contribution in [2.75, 3.05) is 23.4 Å². The number of nitrogens with zero attached hydrogens (tertiary/aromatic N) is 1. The second-order valence-electron chi connectivity index (χ2n) is 6.31. The van der Waals surface area contributed by atoms with Gasteiger partial charge < -0.3 is 15.0 Å². The summed E-state index contributed by atoms with van der Waals surface area (Å²) in [5, 5.41) is 3.36. The van der Waals surface area contributed by atoms with E-state index in [1.165, 1.54) is 6.92 Å². The van der Waals surface area contributed by atoms with E-state index in [0.717, 1.165) is 11.1 Å². The molecule has 1 N–H and O–H groups in total. The number of ether oxygens (including phenoxy) is 1. The molecule has 0 atom stereocenters. The highest BCUT2D eigenvalue weighted by Gasteiger charge is 2.18. The van der Waals surface area contributed by atoms with E-state index in [2.05, 4.69) is 5.32 Å². The molecule has 0 saturated heterocycles. The predicted octanol–water partition coefficient (Wildman–Crippen LogP) is 4.74. The van der Waals surface area contributed by atoms with Gasteiger partial charge in [-0.05, 0) is 50.1 Å². The summed E-state index contributed by atoms with van der Waals surface area (Å²) in [6.45, 7) is 7.94. The summed E-state index contributed by atoms with van der Waals surface area (Å²) in [5.74, 6) is 0.261. The van der Waals surface area contributed by atoms with Crippen LogP contribution >= 0.6 is 11.6 Å². The lowest BCUT2D eigenvalue weighted by Gasteiger charge is -2.23. The van der Waals surface area contributed by atoms with Crippen LogP contribution in [-0.2, 0) is 9.59 Å². The largest absolute Gasteiger partial charge is 0.492 e. The number of nitrogens with one attached hydrogen (secondary N) is 1. The van der Waals surface area contributed by atoms with Gasteiger partial charge in [0, 0.05) is 19.9 Å². The standard InChI is InChI=1S/C21H25ClN2O3/c1-5-27-19-9-7-6-8-18(19)24(16(4)25)11-10-20(26)23-21-15(3)12-14(2)13-17(21)22/h6-9,12-13H,5,10-11H2,1-4H3,(H,23,26). The Bertz CT molecular complexity index is 813. The molecule has 0 saturated carbocycles. The summed E-state index contributed by atoms with van der Waals surface area (Å²) in [5.41, 5.74) is 3.20. The van der Waals surface area contributed by atoms with E-state index in [1.54, 1.807) is 4.90 Å². The number of amides is 2. The first-order valence-electron chi connectivity index (χ1n) is 8.90. The van der Waals surface area contributed by atoms with Gasteiger partial charge in [0.15, 0.2) is 0 Å². The van der Waals surface area contributed by atoms with Crippen LogP contribution in [0.4, 0.5) is 11.4 Å². The van der Waals surface area contributed by atoms with Gasteiger partial charge in [-0.25, -0.2) is 0 Å². The SMILES string of the molecule is CCOc1ccccc1N(CCC(=O)Nc1c(C)cc(C)cc1Cl)C(C)=O. The fourth-order valence-electron chi connectivity index (χ4n) is 2.89. The van der Waals surface area contributed by atoms with Crippen molar-refractivity contribution in [1.82, 2.24) is 0 Å². The molecule has 0 fully saturated rings. The van der Waals surface area contributed by atoms with E-state index in [0.29, 0.717) is 28.8 Å². The Morgan fingerprint density at radius 1 is 1.19 bits per heavy atom. The third kappa shape index (κ3) is 5.47. The van der Waals surface area contributed by atoms with Crippen molar-refractivity contribution >= 4 is 34.8 Å². The van der Waals surface area contributed by atoms with Gasteiger partial charge in [-0.2, -0.15) is 0 Å². The third-order valence-electron chi connectivity index (χ3n) is 4.09. The van der Waals surface area contributed by atoms with Gasteiger partial charge in [0.05, 0.1) is 23.0 Å². The van der Waals surface area contributed by atoms with E-state index in [4.69, 9.17) is 16.3 Å². The van der Waals surface area contributed by atoms with Crippen molar-refractivity contribution in [3.8, 4) is 5.75 Å². The van der Waals surface area contributed by atoms with E-state index < -0.39 is 0 Å². The van der Waals surface area contributed by atoms with Crippen LogP contribution in [0, 0.1) is 13.8 Å². The van der Waals surface area contributed by atoms with Crippen molar-refractivity contribution < 1.29 is 14.3 Å².